The maximum atomic E-state index is 12.7. The van der Waals surface area contributed by atoms with Gasteiger partial charge in [-0.05, 0) is 31.4 Å². The van der Waals surface area contributed by atoms with Crippen molar-refractivity contribution >= 4 is 23.8 Å². The van der Waals surface area contributed by atoms with Crippen LogP contribution in [0, 0.1) is 5.92 Å². The van der Waals surface area contributed by atoms with Gasteiger partial charge in [0.05, 0.1) is 12.7 Å². The topological polar surface area (TPSA) is 110 Å². The van der Waals surface area contributed by atoms with E-state index in [0.717, 1.165) is 0 Å². The van der Waals surface area contributed by atoms with E-state index >= 15 is 0 Å². The normalized spacial score (nSPS) is 25.3. The predicted octanol–water partition coefficient (Wildman–Crippen LogP) is 2.02. The number of amides is 1. The molecule has 2 aliphatic rings. The minimum atomic E-state index is -0.945. The molecule has 1 N–H and O–H groups in total. The van der Waals surface area contributed by atoms with Crippen molar-refractivity contribution in [2.45, 2.75) is 56.7 Å². The van der Waals surface area contributed by atoms with Crippen LogP contribution in [-0.2, 0) is 23.9 Å². The second-order valence-electron chi connectivity index (χ2n) is 7.44. The highest BCUT2D eigenvalue weighted by atomic mass is 16.6. The molecule has 2 heterocycles. The number of carbonyl (C=O) groups excluding carboxylic acids is 3. The molecule has 2 aliphatic heterocycles. The third-order valence-corrected chi connectivity index (χ3v) is 5.68. The third kappa shape index (κ3) is 4.58. The first-order valence-electron chi connectivity index (χ1n) is 9.79. The monoisotopic (exact) mass is 403 g/mol. The van der Waals surface area contributed by atoms with Crippen LogP contribution in [0.2, 0.25) is 0 Å². The Kier molecular flexibility index (Phi) is 6.51. The Morgan fingerprint density at radius 3 is 2.48 bits per heavy atom. The van der Waals surface area contributed by atoms with E-state index in [9.17, 15) is 19.2 Å². The number of carboxylic acid groups (broad SMARTS) is 1. The van der Waals surface area contributed by atoms with Gasteiger partial charge in [-0.1, -0.05) is 18.2 Å². The zero-order valence-electron chi connectivity index (χ0n) is 16.3. The molecule has 0 aromatic heterocycles. The fourth-order valence-electron chi connectivity index (χ4n) is 4.41. The number of piperidine rings is 1. The van der Waals surface area contributed by atoms with Crippen LogP contribution < -0.4 is 0 Å². The van der Waals surface area contributed by atoms with Crippen LogP contribution in [0.1, 0.15) is 48.9 Å². The number of nitrogens with zero attached hydrogens (tertiary/aromatic N) is 1. The number of fused-ring (bicyclic) bond motifs is 2. The Morgan fingerprint density at radius 2 is 1.83 bits per heavy atom. The van der Waals surface area contributed by atoms with Crippen molar-refractivity contribution in [1.82, 2.24) is 4.90 Å². The van der Waals surface area contributed by atoms with Gasteiger partial charge in [-0.15, -0.1) is 0 Å². The van der Waals surface area contributed by atoms with Gasteiger partial charge in [0.2, 0.25) is 5.91 Å². The first-order valence-corrected chi connectivity index (χ1v) is 9.79. The Labute approximate surface area is 168 Å². The molecule has 29 heavy (non-hydrogen) atoms. The molecule has 1 aromatic carbocycles. The number of benzene rings is 1. The van der Waals surface area contributed by atoms with Gasteiger partial charge in [0.25, 0.3) is 0 Å². The van der Waals surface area contributed by atoms with E-state index in [4.69, 9.17) is 14.6 Å². The van der Waals surface area contributed by atoms with Gasteiger partial charge >= 0.3 is 17.9 Å². The molecule has 0 radical (unpaired) electrons. The van der Waals surface area contributed by atoms with Gasteiger partial charge in [-0.25, -0.2) is 4.79 Å². The first-order chi connectivity index (χ1) is 13.9. The molecule has 2 bridgehead atoms. The Morgan fingerprint density at radius 1 is 1.10 bits per heavy atom. The molecule has 156 valence electrons. The summed E-state index contributed by atoms with van der Waals surface area (Å²) in [6.07, 6.45) is 1.31. The lowest BCUT2D eigenvalue weighted by molar-refractivity contribution is -0.160. The van der Waals surface area contributed by atoms with Crippen molar-refractivity contribution in [3.05, 3.63) is 35.9 Å². The number of methoxy groups -OCH3 is 1. The number of hydrogen-bond donors (Lipinski definition) is 1. The number of aliphatic carboxylic acids is 1. The maximum Gasteiger partial charge on any atom is 0.338 e. The van der Waals surface area contributed by atoms with Crippen molar-refractivity contribution in [2.75, 3.05) is 7.11 Å². The molecule has 0 aliphatic carbocycles. The van der Waals surface area contributed by atoms with Crippen LogP contribution in [0.25, 0.3) is 0 Å². The zero-order valence-corrected chi connectivity index (χ0v) is 16.3. The quantitative estimate of drug-likeness (QED) is 0.694. The molecule has 0 saturated carbocycles. The summed E-state index contributed by atoms with van der Waals surface area (Å²) in [5, 5.41) is 8.78. The van der Waals surface area contributed by atoms with Crippen molar-refractivity contribution < 1.29 is 33.8 Å². The third-order valence-electron chi connectivity index (χ3n) is 5.68. The van der Waals surface area contributed by atoms with E-state index in [1.807, 2.05) is 0 Å². The smallest absolute Gasteiger partial charge is 0.338 e. The lowest BCUT2D eigenvalue weighted by Gasteiger charge is -2.42. The molecule has 2 fully saturated rings. The zero-order chi connectivity index (χ0) is 21.0. The first kappa shape index (κ1) is 20.8. The van der Waals surface area contributed by atoms with Gasteiger partial charge in [0.15, 0.2) is 0 Å². The predicted molar refractivity (Wildman–Crippen MR) is 101 cm³/mol. The fraction of sp³-hybridized carbons (Fsp3) is 0.524. The summed E-state index contributed by atoms with van der Waals surface area (Å²) < 4.78 is 10.6. The molecule has 3 rings (SSSR count). The number of rotatable bonds is 7. The van der Waals surface area contributed by atoms with Gasteiger partial charge < -0.3 is 19.5 Å². The van der Waals surface area contributed by atoms with Crippen LogP contribution in [0.5, 0.6) is 0 Å². The standard InChI is InChI=1S/C21H25NO7/c1-28-21(27)19-15-11-10-14(22(15)17(23)8-5-9-18(24)25)12-16(19)29-20(26)13-6-3-2-4-7-13/h2-4,6-7,14-16,19H,5,8-12H2,1H3,(H,24,25). The Hall–Kier alpha value is -2.90. The minimum Gasteiger partial charge on any atom is -0.481 e. The largest absolute Gasteiger partial charge is 0.481 e. The summed E-state index contributed by atoms with van der Waals surface area (Å²) >= 11 is 0. The highest BCUT2D eigenvalue weighted by molar-refractivity contribution is 5.90. The lowest BCUT2D eigenvalue weighted by Crippen LogP contribution is -2.56. The summed E-state index contributed by atoms with van der Waals surface area (Å²) in [6, 6.07) is 8.01. The van der Waals surface area contributed by atoms with Crippen LogP contribution in [0.4, 0.5) is 0 Å². The van der Waals surface area contributed by atoms with Crippen LogP contribution in [0.3, 0.4) is 0 Å². The molecular formula is C21H25NO7. The van der Waals surface area contributed by atoms with Crippen molar-refractivity contribution in [2.24, 2.45) is 5.92 Å². The van der Waals surface area contributed by atoms with E-state index in [1.165, 1.54) is 7.11 Å². The molecule has 1 aromatic rings. The Bertz CT molecular complexity index is 778. The SMILES string of the molecule is COC(=O)C1C(OC(=O)c2ccccc2)CC2CCC1N2C(=O)CCCC(=O)O. The minimum absolute atomic E-state index is 0.0767. The van der Waals surface area contributed by atoms with Crippen molar-refractivity contribution in [3.8, 4) is 0 Å². The molecule has 2 saturated heterocycles. The molecule has 1 amide bonds. The summed E-state index contributed by atoms with van der Waals surface area (Å²) in [5.74, 6) is -2.88. The molecule has 0 spiro atoms. The average Bonchev–Trinajstić information content (AvgIpc) is 3.02. The number of carbonyl (C=O) groups is 4. The van der Waals surface area contributed by atoms with Crippen LogP contribution in [0.15, 0.2) is 30.3 Å². The summed E-state index contributed by atoms with van der Waals surface area (Å²) in [7, 11) is 1.28. The fourth-order valence-corrected chi connectivity index (χ4v) is 4.41. The van der Waals surface area contributed by atoms with Crippen LogP contribution in [-0.4, -0.2) is 59.1 Å². The number of hydrogen-bond acceptors (Lipinski definition) is 6. The molecule has 4 unspecified atom stereocenters. The number of esters is 2. The number of ether oxygens (including phenoxy) is 2. The van der Waals surface area contributed by atoms with Gasteiger partial charge in [0.1, 0.15) is 12.0 Å². The summed E-state index contributed by atoms with van der Waals surface area (Å²) in [6.45, 7) is 0. The van der Waals surface area contributed by atoms with E-state index in [2.05, 4.69) is 0 Å². The molecule has 4 atom stereocenters. The average molecular weight is 403 g/mol. The van der Waals surface area contributed by atoms with Gasteiger partial charge in [0, 0.05) is 31.3 Å². The van der Waals surface area contributed by atoms with Crippen molar-refractivity contribution in [1.29, 1.82) is 0 Å². The van der Waals surface area contributed by atoms with Gasteiger partial charge in [-0.3, -0.25) is 14.4 Å². The molecule has 8 heteroatoms. The second-order valence-corrected chi connectivity index (χ2v) is 7.44. The molecule has 8 nitrogen and oxygen atoms in total. The highest BCUT2D eigenvalue weighted by Crippen LogP contribution is 2.42. The molecular weight excluding hydrogens is 378 g/mol. The summed E-state index contributed by atoms with van der Waals surface area (Å²) in [4.78, 5) is 50.2. The van der Waals surface area contributed by atoms with Crippen molar-refractivity contribution in [3.63, 3.8) is 0 Å². The second kappa shape index (κ2) is 9.07. The maximum absolute atomic E-state index is 12.7. The van der Waals surface area contributed by atoms with E-state index < -0.39 is 36.0 Å². The van der Waals surface area contributed by atoms with Gasteiger partial charge in [-0.2, -0.15) is 0 Å². The van der Waals surface area contributed by atoms with E-state index in [-0.39, 0.29) is 31.2 Å². The van der Waals surface area contributed by atoms with Crippen LogP contribution >= 0.6 is 0 Å². The lowest BCUT2D eigenvalue weighted by atomic mass is 9.86. The number of carboxylic acids is 1. The highest BCUT2D eigenvalue weighted by Gasteiger charge is 2.53. The Balaban J connectivity index is 1.74. The van der Waals surface area contributed by atoms with E-state index in [0.29, 0.717) is 24.8 Å². The summed E-state index contributed by atoms with van der Waals surface area (Å²) in [5.41, 5.74) is 0.399. The van der Waals surface area contributed by atoms with E-state index in [1.54, 1.807) is 35.2 Å².